The zero-order valence-corrected chi connectivity index (χ0v) is 17.0. The Morgan fingerprint density at radius 2 is 1.65 bits per heavy atom. The Hall–Kier alpha value is -4.26. The molecule has 0 bridgehead atoms. The lowest BCUT2D eigenvalue weighted by molar-refractivity contribution is 0.102. The molecule has 3 aromatic carbocycles. The smallest absolute Gasteiger partial charge is 0.266 e. The molecule has 7 nitrogen and oxygen atoms in total. The first-order valence-electron chi connectivity index (χ1n) is 9.85. The summed E-state index contributed by atoms with van der Waals surface area (Å²) in [7, 11) is 0. The maximum atomic E-state index is 12.5. The summed E-state index contributed by atoms with van der Waals surface area (Å²) in [5.74, 6) is 1.56. The van der Waals surface area contributed by atoms with Crippen molar-refractivity contribution in [3.63, 3.8) is 0 Å². The van der Waals surface area contributed by atoms with E-state index in [1.807, 2.05) is 60.7 Å². The van der Waals surface area contributed by atoms with E-state index in [2.05, 4.69) is 20.5 Å². The molecule has 1 N–H and O–H groups in total. The summed E-state index contributed by atoms with van der Waals surface area (Å²) in [4.78, 5) is 17.1. The first-order valence-corrected chi connectivity index (χ1v) is 9.85. The highest BCUT2D eigenvalue weighted by Crippen LogP contribution is 2.28. The Bertz CT molecular complexity index is 1420. The summed E-state index contributed by atoms with van der Waals surface area (Å²) < 4.78 is 7.95. The minimum Gasteiger partial charge on any atom is -0.436 e. The average molecular weight is 409 g/mol. The van der Waals surface area contributed by atoms with Crippen molar-refractivity contribution < 1.29 is 9.53 Å². The average Bonchev–Trinajstić information content (AvgIpc) is 3.18. The van der Waals surface area contributed by atoms with Crippen LogP contribution < -0.4 is 10.1 Å². The van der Waals surface area contributed by atoms with Crippen LogP contribution in [0.25, 0.3) is 16.7 Å². The number of ether oxygens (including phenoxy) is 1. The topological polar surface area (TPSA) is 81.4 Å². The van der Waals surface area contributed by atoms with E-state index in [1.165, 1.54) is 0 Å². The van der Waals surface area contributed by atoms with Crippen molar-refractivity contribution in [3.8, 4) is 11.6 Å². The van der Waals surface area contributed by atoms with Crippen LogP contribution in [0.2, 0.25) is 0 Å². The molecule has 31 heavy (non-hydrogen) atoms. The number of para-hydroxylation sites is 2. The van der Waals surface area contributed by atoms with Crippen molar-refractivity contribution in [3.05, 3.63) is 89.7 Å². The van der Waals surface area contributed by atoms with E-state index in [0.717, 1.165) is 22.4 Å². The van der Waals surface area contributed by atoms with Gasteiger partial charge in [-0.05, 0) is 61.9 Å². The molecule has 5 aromatic rings. The molecule has 1 amide bonds. The molecule has 0 atom stereocenters. The van der Waals surface area contributed by atoms with Gasteiger partial charge in [0.25, 0.3) is 11.8 Å². The van der Waals surface area contributed by atoms with Gasteiger partial charge in [-0.2, -0.15) is 0 Å². The van der Waals surface area contributed by atoms with Gasteiger partial charge in [0.1, 0.15) is 11.6 Å². The van der Waals surface area contributed by atoms with E-state index >= 15 is 0 Å². The Balaban J connectivity index is 1.42. The number of nitrogens with zero attached hydrogens (tertiary/aromatic N) is 4. The number of benzene rings is 3. The Labute approximate surface area is 178 Å². The zero-order valence-electron chi connectivity index (χ0n) is 17.0. The highest BCUT2D eigenvalue weighted by Gasteiger charge is 2.15. The number of amides is 1. The van der Waals surface area contributed by atoms with Crippen LogP contribution in [-0.4, -0.2) is 25.5 Å². The van der Waals surface area contributed by atoms with E-state index < -0.39 is 0 Å². The van der Waals surface area contributed by atoms with Gasteiger partial charge in [0.05, 0.1) is 11.0 Å². The summed E-state index contributed by atoms with van der Waals surface area (Å²) in [5, 5.41) is 11.3. The zero-order chi connectivity index (χ0) is 21.4. The fourth-order valence-electron chi connectivity index (χ4n) is 3.51. The van der Waals surface area contributed by atoms with Crippen LogP contribution in [0.4, 0.5) is 5.69 Å². The van der Waals surface area contributed by atoms with Gasteiger partial charge in [-0.3, -0.25) is 9.20 Å². The van der Waals surface area contributed by atoms with Gasteiger partial charge in [0.15, 0.2) is 0 Å². The van der Waals surface area contributed by atoms with Gasteiger partial charge in [0.2, 0.25) is 5.65 Å². The number of nitrogens with one attached hydrogen (secondary N) is 1. The molecule has 7 heteroatoms. The first-order chi connectivity index (χ1) is 15.1. The van der Waals surface area contributed by atoms with Crippen LogP contribution in [-0.2, 0) is 0 Å². The molecule has 0 aliphatic heterocycles. The summed E-state index contributed by atoms with van der Waals surface area (Å²) in [6.45, 7) is 3.80. The number of anilines is 1. The van der Waals surface area contributed by atoms with Crippen LogP contribution in [0.3, 0.4) is 0 Å². The number of carbonyl (C=O) groups is 1. The Morgan fingerprint density at radius 3 is 2.45 bits per heavy atom. The van der Waals surface area contributed by atoms with Gasteiger partial charge in [0, 0.05) is 11.3 Å². The lowest BCUT2D eigenvalue weighted by atomic mass is 10.1. The molecule has 5 rings (SSSR count). The second-order valence-electron chi connectivity index (χ2n) is 7.21. The summed E-state index contributed by atoms with van der Waals surface area (Å²) >= 11 is 0. The molecule has 0 unspecified atom stereocenters. The predicted molar refractivity (Wildman–Crippen MR) is 119 cm³/mol. The van der Waals surface area contributed by atoms with Crippen LogP contribution in [0.5, 0.6) is 11.6 Å². The fraction of sp³-hybridized carbons (Fsp3) is 0.0833. The Morgan fingerprint density at radius 1 is 0.903 bits per heavy atom. The normalized spacial score (nSPS) is 11.0. The molecule has 0 fully saturated rings. The van der Waals surface area contributed by atoms with Gasteiger partial charge < -0.3 is 10.1 Å². The van der Waals surface area contributed by atoms with E-state index in [4.69, 9.17) is 4.74 Å². The third-order valence-electron chi connectivity index (χ3n) is 5.08. The van der Waals surface area contributed by atoms with E-state index in [9.17, 15) is 4.79 Å². The molecule has 0 aliphatic rings. The van der Waals surface area contributed by atoms with Crippen molar-refractivity contribution in [2.45, 2.75) is 13.8 Å². The highest BCUT2D eigenvalue weighted by molar-refractivity contribution is 6.05. The maximum absolute atomic E-state index is 12.5. The Kier molecular flexibility index (Phi) is 4.55. The van der Waals surface area contributed by atoms with Gasteiger partial charge in [-0.15, -0.1) is 10.2 Å². The predicted octanol–water partition coefficient (Wildman–Crippen LogP) is 4.94. The van der Waals surface area contributed by atoms with Crippen molar-refractivity contribution in [1.29, 1.82) is 0 Å². The maximum Gasteiger partial charge on any atom is 0.266 e. The van der Waals surface area contributed by atoms with Crippen LogP contribution >= 0.6 is 0 Å². The quantitative estimate of drug-likeness (QED) is 0.455. The highest BCUT2D eigenvalue weighted by atomic mass is 16.5. The van der Waals surface area contributed by atoms with Crippen molar-refractivity contribution >= 4 is 28.3 Å². The van der Waals surface area contributed by atoms with Gasteiger partial charge in [-0.1, -0.05) is 30.3 Å². The molecular weight excluding hydrogens is 390 g/mol. The minimum absolute atomic E-state index is 0.149. The second-order valence-corrected chi connectivity index (χ2v) is 7.21. The lowest BCUT2D eigenvalue weighted by Crippen LogP contribution is -2.13. The van der Waals surface area contributed by atoms with Gasteiger partial charge in [-0.25, -0.2) is 4.98 Å². The van der Waals surface area contributed by atoms with E-state index in [1.54, 1.807) is 30.3 Å². The molecule has 0 saturated carbocycles. The van der Waals surface area contributed by atoms with Crippen LogP contribution in [0.1, 0.15) is 21.7 Å². The lowest BCUT2D eigenvalue weighted by Gasteiger charge is -2.10. The van der Waals surface area contributed by atoms with Gasteiger partial charge >= 0.3 is 0 Å². The number of fused-ring (bicyclic) bond motifs is 3. The molecule has 0 saturated heterocycles. The molecular formula is C24H19N5O2. The number of hydrogen-bond donors (Lipinski definition) is 1. The third kappa shape index (κ3) is 3.46. The molecule has 152 valence electrons. The monoisotopic (exact) mass is 409 g/mol. The van der Waals surface area contributed by atoms with E-state index in [-0.39, 0.29) is 5.91 Å². The van der Waals surface area contributed by atoms with Crippen molar-refractivity contribution in [2.75, 3.05) is 5.32 Å². The number of aromatic nitrogens is 4. The third-order valence-corrected chi connectivity index (χ3v) is 5.08. The summed E-state index contributed by atoms with van der Waals surface area (Å²) in [6, 6.07) is 22.4. The molecule has 2 aromatic heterocycles. The van der Waals surface area contributed by atoms with Crippen LogP contribution in [0.15, 0.2) is 72.8 Å². The standard InChI is InChI=1S/C24H19N5O2/c1-15-7-3-4-8-19(15)23(30)25-17-11-13-18(14-12-17)31-24-22-28-27-16(2)29(22)21-10-6-5-9-20(21)26-24/h3-14H,1-2H3,(H,25,30). The second kappa shape index (κ2) is 7.53. The summed E-state index contributed by atoms with van der Waals surface area (Å²) in [6.07, 6.45) is 0. The van der Waals surface area contributed by atoms with Crippen LogP contribution in [0, 0.1) is 13.8 Å². The minimum atomic E-state index is -0.149. The van der Waals surface area contributed by atoms with Crippen molar-refractivity contribution in [1.82, 2.24) is 19.6 Å². The van der Waals surface area contributed by atoms with E-state index in [0.29, 0.717) is 28.5 Å². The molecule has 0 radical (unpaired) electrons. The first kappa shape index (κ1) is 18.7. The number of hydrogen-bond acceptors (Lipinski definition) is 5. The summed E-state index contributed by atoms with van der Waals surface area (Å²) in [5.41, 5.74) is 4.50. The largest absolute Gasteiger partial charge is 0.436 e. The SMILES string of the molecule is Cc1ccccc1C(=O)Nc1ccc(Oc2nc3ccccc3n3c(C)nnc23)cc1. The number of carbonyl (C=O) groups excluding carboxylic acids is 1. The molecule has 0 spiro atoms. The number of rotatable bonds is 4. The fourth-order valence-corrected chi connectivity index (χ4v) is 3.51. The molecule has 0 aliphatic carbocycles. The molecule has 2 heterocycles. The van der Waals surface area contributed by atoms with Crippen molar-refractivity contribution in [2.24, 2.45) is 0 Å². The number of aryl methyl sites for hydroxylation is 2.